The summed E-state index contributed by atoms with van der Waals surface area (Å²) in [5, 5.41) is 2.87. The average molecular weight is 460 g/mol. The van der Waals surface area contributed by atoms with Crippen molar-refractivity contribution < 1.29 is 18.0 Å². The van der Waals surface area contributed by atoms with Gasteiger partial charge in [0.15, 0.2) is 0 Å². The molecule has 1 atom stereocenters. The molecular formula is C24H33N3O4S. The molecule has 0 radical (unpaired) electrons. The van der Waals surface area contributed by atoms with Crippen LogP contribution in [0.3, 0.4) is 0 Å². The fourth-order valence-electron chi connectivity index (χ4n) is 3.33. The minimum Gasteiger partial charge on any atom is -0.354 e. The number of hydrogen-bond acceptors (Lipinski definition) is 4. The maximum atomic E-state index is 13.4. The van der Waals surface area contributed by atoms with Gasteiger partial charge in [0.1, 0.15) is 12.6 Å². The van der Waals surface area contributed by atoms with Crippen molar-refractivity contribution in [3.8, 4) is 0 Å². The largest absolute Gasteiger partial charge is 0.354 e. The second-order valence-electron chi connectivity index (χ2n) is 7.94. The van der Waals surface area contributed by atoms with Crippen LogP contribution in [0.15, 0.2) is 54.6 Å². The molecule has 1 N–H and O–H groups in total. The molecule has 0 aromatic heterocycles. The summed E-state index contributed by atoms with van der Waals surface area (Å²) in [4.78, 5) is 27.6. The Labute approximate surface area is 191 Å². The van der Waals surface area contributed by atoms with Gasteiger partial charge in [-0.05, 0) is 38.0 Å². The Morgan fingerprint density at radius 2 is 1.75 bits per heavy atom. The number of carbonyl (C=O) groups is 2. The molecule has 0 spiro atoms. The van der Waals surface area contributed by atoms with Crippen molar-refractivity contribution in [2.24, 2.45) is 0 Å². The summed E-state index contributed by atoms with van der Waals surface area (Å²) < 4.78 is 26.0. The highest BCUT2D eigenvalue weighted by molar-refractivity contribution is 7.92. The number of rotatable bonds is 11. The molecule has 0 fully saturated rings. The van der Waals surface area contributed by atoms with E-state index < -0.39 is 22.0 Å². The minimum atomic E-state index is -3.70. The van der Waals surface area contributed by atoms with Crippen LogP contribution in [-0.2, 0) is 26.2 Å². The van der Waals surface area contributed by atoms with Crippen molar-refractivity contribution in [3.63, 3.8) is 0 Å². The Kier molecular flexibility index (Phi) is 9.26. The summed E-state index contributed by atoms with van der Waals surface area (Å²) in [7, 11) is -3.70. The van der Waals surface area contributed by atoms with Crippen LogP contribution < -0.4 is 9.62 Å². The molecule has 8 heteroatoms. The van der Waals surface area contributed by atoms with E-state index in [1.807, 2.05) is 38.1 Å². The Hall–Kier alpha value is -2.87. The number of anilines is 1. The van der Waals surface area contributed by atoms with Crippen LogP contribution in [0.25, 0.3) is 0 Å². The summed E-state index contributed by atoms with van der Waals surface area (Å²) in [6, 6.07) is 15.4. The highest BCUT2D eigenvalue weighted by Crippen LogP contribution is 2.18. The van der Waals surface area contributed by atoms with Gasteiger partial charge in [0.2, 0.25) is 21.8 Å². The summed E-state index contributed by atoms with van der Waals surface area (Å²) >= 11 is 0. The van der Waals surface area contributed by atoms with Gasteiger partial charge in [0.05, 0.1) is 11.9 Å². The Morgan fingerprint density at radius 3 is 2.34 bits per heavy atom. The van der Waals surface area contributed by atoms with Gasteiger partial charge < -0.3 is 10.2 Å². The van der Waals surface area contributed by atoms with Crippen LogP contribution in [-0.4, -0.2) is 50.5 Å². The summed E-state index contributed by atoms with van der Waals surface area (Å²) in [6.45, 7) is 6.01. The number of carbonyl (C=O) groups excluding carboxylic acids is 2. The predicted octanol–water partition coefficient (Wildman–Crippen LogP) is 3.09. The molecule has 174 valence electrons. The van der Waals surface area contributed by atoms with Crippen molar-refractivity contribution in [2.45, 2.75) is 46.2 Å². The van der Waals surface area contributed by atoms with E-state index in [0.717, 1.165) is 34.5 Å². The SMILES string of the molecule is CCCCNC(=O)[C@@H](C)N(Cc1cccc(C)c1)C(=O)CN(c1ccccc1)S(C)(=O)=O. The molecule has 0 unspecified atom stereocenters. The zero-order valence-electron chi connectivity index (χ0n) is 19.2. The van der Waals surface area contributed by atoms with Crippen LogP contribution in [0.4, 0.5) is 5.69 Å². The van der Waals surface area contributed by atoms with Gasteiger partial charge in [-0.15, -0.1) is 0 Å². The molecule has 0 aliphatic carbocycles. The maximum absolute atomic E-state index is 13.4. The smallest absolute Gasteiger partial charge is 0.244 e. The quantitative estimate of drug-likeness (QED) is 0.523. The van der Waals surface area contributed by atoms with E-state index in [2.05, 4.69) is 5.32 Å². The van der Waals surface area contributed by atoms with E-state index in [0.29, 0.717) is 12.2 Å². The second kappa shape index (κ2) is 11.7. The van der Waals surface area contributed by atoms with Gasteiger partial charge in [0, 0.05) is 13.1 Å². The van der Waals surface area contributed by atoms with Crippen LogP contribution >= 0.6 is 0 Å². The molecule has 2 aromatic rings. The molecule has 0 bridgehead atoms. The number of aryl methyl sites for hydroxylation is 1. The minimum absolute atomic E-state index is 0.204. The van der Waals surface area contributed by atoms with Crippen molar-refractivity contribution in [2.75, 3.05) is 23.7 Å². The van der Waals surface area contributed by atoms with Gasteiger partial charge in [-0.1, -0.05) is 61.4 Å². The molecule has 0 saturated heterocycles. The normalized spacial score (nSPS) is 12.1. The molecule has 0 heterocycles. The molecule has 2 aromatic carbocycles. The lowest BCUT2D eigenvalue weighted by atomic mass is 10.1. The first-order valence-electron chi connectivity index (χ1n) is 10.8. The number of hydrogen-bond donors (Lipinski definition) is 1. The standard InChI is InChI=1S/C24H33N3O4S/c1-5-6-15-25-24(29)20(3)26(17-21-12-10-11-19(2)16-21)23(28)18-27(32(4,30)31)22-13-8-7-9-14-22/h7-14,16,20H,5-6,15,17-18H2,1-4H3,(H,25,29)/t20-/m1/s1. The fraction of sp³-hybridized carbons (Fsp3) is 0.417. The Bertz CT molecular complexity index is 1010. The lowest BCUT2D eigenvalue weighted by molar-refractivity contribution is -0.139. The van der Waals surface area contributed by atoms with Crippen LogP contribution in [0.5, 0.6) is 0 Å². The Morgan fingerprint density at radius 1 is 1.06 bits per heavy atom. The van der Waals surface area contributed by atoms with Crippen LogP contribution in [0.1, 0.15) is 37.8 Å². The van der Waals surface area contributed by atoms with Gasteiger partial charge in [-0.25, -0.2) is 8.42 Å². The average Bonchev–Trinajstić information content (AvgIpc) is 2.75. The third kappa shape index (κ3) is 7.37. The molecular weight excluding hydrogens is 426 g/mol. The van der Waals surface area contributed by atoms with E-state index >= 15 is 0 Å². The Balaban J connectivity index is 2.31. The number of sulfonamides is 1. The predicted molar refractivity (Wildman–Crippen MR) is 128 cm³/mol. The highest BCUT2D eigenvalue weighted by Gasteiger charge is 2.29. The van der Waals surface area contributed by atoms with Crippen molar-refractivity contribution in [3.05, 3.63) is 65.7 Å². The summed E-state index contributed by atoms with van der Waals surface area (Å²) in [5.41, 5.74) is 2.31. The fourth-order valence-corrected chi connectivity index (χ4v) is 4.18. The number of benzene rings is 2. The maximum Gasteiger partial charge on any atom is 0.244 e. The van der Waals surface area contributed by atoms with Crippen molar-refractivity contribution in [1.29, 1.82) is 0 Å². The van der Waals surface area contributed by atoms with Crippen molar-refractivity contribution >= 4 is 27.5 Å². The first-order chi connectivity index (χ1) is 15.1. The first-order valence-corrected chi connectivity index (χ1v) is 12.6. The van der Waals surface area contributed by atoms with Crippen LogP contribution in [0, 0.1) is 6.92 Å². The molecule has 0 aliphatic rings. The second-order valence-corrected chi connectivity index (χ2v) is 9.84. The van der Waals surface area contributed by atoms with E-state index in [1.54, 1.807) is 37.3 Å². The van der Waals surface area contributed by atoms with Crippen molar-refractivity contribution in [1.82, 2.24) is 10.2 Å². The molecule has 2 amide bonds. The number of nitrogens with zero attached hydrogens (tertiary/aromatic N) is 2. The van der Waals surface area contributed by atoms with Gasteiger partial charge in [-0.2, -0.15) is 0 Å². The van der Waals surface area contributed by atoms with Gasteiger partial charge in [-0.3, -0.25) is 13.9 Å². The number of amides is 2. The van der Waals surface area contributed by atoms with Gasteiger partial charge in [0.25, 0.3) is 0 Å². The third-order valence-electron chi connectivity index (χ3n) is 5.16. The molecule has 0 saturated carbocycles. The highest BCUT2D eigenvalue weighted by atomic mass is 32.2. The topological polar surface area (TPSA) is 86.8 Å². The third-order valence-corrected chi connectivity index (χ3v) is 6.30. The zero-order valence-corrected chi connectivity index (χ0v) is 20.1. The zero-order chi connectivity index (χ0) is 23.7. The van der Waals surface area contributed by atoms with E-state index in [-0.39, 0.29) is 19.0 Å². The van der Waals surface area contributed by atoms with E-state index in [4.69, 9.17) is 0 Å². The number of nitrogens with one attached hydrogen (secondary N) is 1. The number of unbranched alkanes of at least 4 members (excludes halogenated alkanes) is 1. The number of para-hydroxylation sites is 1. The molecule has 2 rings (SSSR count). The van der Waals surface area contributed by atoms with Gasteiger partial charge >= 0.3 is 0 Å². The lowest BCUT2D eigenvalue weighted by Crippen LogP contribution is -2.51. The monoisotopic (exact) mass is 459 g/mol. The molecule has 7 nitrogen and oxygen atoms in total. The summed E-state index contributed by atoms with van der Waals surface area (Å²) in [5.74, 6) is -0.705. The molecule has 0 aliphatic heterocycles. The van der Waals surface area contributed by atoms with E-state index in [9.17, 15) is 18.0 Å². The lowest BCUT2D eigenvalue weighted by Gasteiger charge is -2.31. The summed E-state index contributed by atoms with van der Waals surface area (Å²) in [6.07, 6.45) is 2.86. The van der Waals surface area contributed by atoms with Crippen LogP contribution in [0.2, 0.25) is 0 Å². The van der Waals surface area contributed by atoms with E-state index in [1.165, 1.54) is 4.90 Å². The first kappa shape index (κ1) is 25.4. The molecule has 32 heavy (non-hydrogen) atoms.